The van der Waals surface area contributed by atoms with Crippen molar-refractivity contribution in [3.63, 3.8) is 0 Å². The molecular weight excluding hydrogens is 183 g/mol. The molecule has 0 aliphatic heterocycles. The number of rotatable bonds is 3. The average Bonchev–Trinajstić information content (AvgIpc) is 1.79. The molecule has 0 rings (SSSR count). The highest BCUT2D eigenvalue weighted by molar-refractivity contribution is 7.45. The molecule has 0 aliphatic carbocycles. The van der Waals surface area contributed by atoms with Crippen molar-refractivity contribution in [1.29, 1.82) is 0 Å². The quantitative estimate of drug-likeness (QED) is 0.434. The molecular formula is C5H17N2O4P. The van der Waals surface area contributed by atoms with Gasteiger partial charge in [0.2, 0.25) is 0 Å². The van der Waals surface area contributed by atoms with Gasteiger partial charge in [-0.25, -0.2) is 4.57 Å². The first-order valence-electron chi connectivity index (χ1n) is 3.40. The predicted octanol–water partition coefficient (Wildman–Crippen LogP) is -1.03. The lowest BCUT2D eigenvalue weighted by molar-refractivity contribution is 0.275. The number of nitrogens with two attached hydrogens (primary N) is 1. The van der Waals surface area contributed by atoms with Gasteiger partial charge in [0.15, 0.2) is 0 Å². The molecule has 0 heterocycles. The highest BCUT2D eigenvalue weighted by Gasteiger charge is 2.00. The van der Waals surface area contributed by atoms with Gasteiger partial charge in [-0.3, -0.25) is 0 Å². The van der Waals surface area contributed by atoms with E-state index in [9.17, 15) is 0 Å². The minimum Gasteiger partial charge on any atom is -0.330 e. The third-order valence-electron chi connectivity index (χ3n) is 0.809. The van der Waals surface area contributed by atoms with Crippen LogP contribution < -0.4 is 5.73 Å². The summed E-state index contributed by atoms with van der Waals surface area (Å²) < 4.78 is 8.88. The molecule has 6 nitrogen and oxygen atoms in total. The molecule has 0 saturated heterocycles. The van der Waals surface area contributed by atoms with Gasteiger partial charge in [0.05, 0.1) is 0 Å². The maximum absolute atomic E-state index is 8.88. The lowest BCUT2D eigenvalue weighted by Gasteiger charge is -2.05. The molecule has 0 aromatic heterocycles. The van der Waals surface area contributed by atoms with Gasteiger partial charge in [-0.2, -0.15) is 0 Å². The second kappa shape index (κ2) is 7.67. The highest BCUT2D eigenvalue weighted by Crippen LogP contribution is 2.25. The van der Waals surface area contributed by atoms with Gasteiger partial charge in [0.25, 0.3) is 0 Å². The Kier molecular flexibility index (Phi) is 9.30. The van der Waals surface area contributed by atoms with Gasteiger partial charge in [0, 0.05) is 0 Å². The van der Waals surface area contributed by atoms with Gasteiger partial charge >= 0.3 is 7.82 Å². The Balaban J connectivity index is 0. The summed E-state index contributed by atoms with van der Waals surface area (Å²) in [7, 11) is -0.536. The fourth-order valence-electron chi connectivity index (χ4n) is 0.408. The normalized spacial score (nSPS) is 10.9. The van der Waals surface area contributed by atoms with E-state index in [4.69, 9.17) is 25.0 Å². The van der Waals surface area contributed by atoms with Crippen LogP contribution in [0.25, 0.3) is 0 Å². The first kappa shape index (κ1) is 14.5. The second-order valence-corrected chi connectivity index (χ2v) is 3.49. The summed E-state index contributed by atoms with van der Waals surface area (Å²) in [5.41, 5.74) is 5.25. The van der Waals surface area contributed by atoms with Crippen molar-refractivity contribution < 1.29 is 19.2 Å². The van der Waals surface area contributed by atoms with Crippen LogP contribution in [0.3, 0.4) is 0 Å². The Morgan fingerprint density at radius 1 is 1.33 bits per heavy atom. The van der Waals surface area contributed by atoms with E-state index in [1.165, 1.54) is 0 Å². The van der Waals surface area contributed by atoms with Crippen molar-refractivity contribution in [2.75, 3.05) is 27.2 Å². The van der Waals surface area contributed by atoms with Crippen molar-refractivity contribution in [1.82, 2.24) is 4.90 Å². The van der Waals surface area contributed by atoms with Crippen LogP contribution in [0.2, 0.25) is 0 Å². The van der Waals surface area contributed by atoms with Crippen molar-refractivity contribution in [2.24, 2.45) is 5.73 Å². The molecule has 0 amide bonds. The first-order chi connectivity index (χ1) is 5.27. The third kappa shape index (κ3) is 50.4. The van der Waals surface area contributed by atoms with Crippen LogP contribution >= 0.6 is 7.82 Å². The molecule has 0 aliphatic rings. The third-order valence-corrected chi connectivity index (χ3v) is 0.809. The van der Waals surface area contributed by atoms with E-state index in [-0.39, 0.29) is 0 Å². The molecule has 0 bridgehead atoms. The summed E-state index contributed by atoms with van der Waals surface area (Å²) in [4.78, 5) is 23.7. The fraction of sp³-hybridized carbons (Fsp3) is 1.00. The number of hydrogen-bond donors (Lipinski definition) is 4. The Hall–Kier alpha value is 0.0300. The van der Waals surface area contributed by atoms with Crippen LogP contribution in [-0.4, -0.2) is 46.8 Å². The number of nitrogens with zero attached hydrogens (tertiary/aromatic N) is 1. The van der Waals surface area contributed by atoms with Crippen molar-refractivity contribution in [3.05, 3.63) is 0 Å². The molecule has 12 heavy (non-hydrogen) atoms. The zero-order chi connectivity index (χ0) is 10.2. The van der Waals surface area contributed by atoms with E-state index in [0.717, 1.165) is 19.5 Å². The van der Waals surface area contributed by atoms with Gasteiger partial charge in [-0.15, -0.1) is 0 Å². The Morgan fingerprint density at radius 3 is 1.75 bits per heavy atom. The second-order valence-electron chi connectivity index (χ2n) is 2.46. The Bertz CT molecular complexity index is 127. The smallest absolute Gasteiger partial charge is 0.330 e. The summed E-state index contributed by atoms with van der Waals surface area (Å²) >= 11 is 0. The first-order valence-corrected chi connectivity index (χ1v) is 4.97. The average molecular weight is 200 g/mol. The van der Waals surface area contributed by atoms with E-state index in [0.29, 0.717) is 0 Å². The maximum atomic E-state index is 8.88. The van der Waals surface area contributed by atoms with Crippen LogP contribution in [0.1, 0.15) is 6.42 Å². The van der Waals surface area contributed by atoms with Crippen molar-refractivity contribution in [2.45, 2.75) is 6.42 Å². The standard InChI is InChI=1S/C5H14N2.H3O4P/c1-7(2)5-3-4-6;1-5(2,3)4/h3-6H2,1-2H3;(H3,1,2,3,4). The van der Waals surface area contributed by atoms with E-state index >= 15 is 0 Å². The summed E-state index contributed by atoms with van der Waals surface area (Å²) in [5, 5.41) is 0. The molecule has 76 valence electrons. The van der Waals surface area contributed by atoms with Crippen LogP contribution in [0.15, 0.2) is 0 Å². The van der Waals surface area contributed by atoms with E-state index in [2.05, 4.69) is 19.0 Å². The Morgan fingerprint density at radius 2 is 1.67 bits per heavy atom. The fourth-order valence-corrected chi connectivity index (χ4v) is 0.408. The van der Waals surface area contributed by atoms with Crippen LogP contribution in [0.4, 0.5) is 0 Å². The molecule has 0 unspecified atom stereocenters. The van der Waals surface area contributed by atoms with E-state index < -0.39 is 7.82 Å². The zero-order valence-electron chi connectivity index (χ0n) is 7.34. The van der Waals surface area contributed by atoms with E-state index in [1.807, 2.05) is 0 Å². The topological polar surface area (TPSA) is 107 Å². The van der Waals surface area contributed by atoms with Gasteiger partial charge < -0.3 is 25.3 Å². The molecule has 0 fully saturated rings. The predicted molar refractivity (Wildman–Crippen MR) is 46.5 cm³/mol. The monoisotopic (exact) mass is 200 g/mol. The van der Waals surface area contributed by atoms with E-state index in [1.54, 1.807) is 0 Å². The minimum absolute atomic E-state index is 0.804. The number of phosphoric acid groups is 1. The van der Waals surface area contributed by atoms with Gasteiger partial charge in [-0.05, 0) is 33.6 Å². The summed E-state index contributed by atoms with van der Waals surface area (Å²) in [5.74, 6) is 0. The highest BCUT2D eigenvalue weighted by atomic mass is 31.2. The lowest BCUT2D eigenvalue weighted by Crippen LogP contribution is -2.16. The van der Waals surface area contributed by atoms with Crippen LogP contribution in [0, 0.1) is 0 Å². The summed E-state index contributed by atoms with van der Waals surface area (Å²) in [6, 6.07) is 0. The molecule has 0 aromatic carbocycles. The largest absolute Gasteiger partial charge is 0.466 e. The molecule has 5 N–H and O–H groups in total. The van der Waals surface area contributed by atoms with Crippen molar-refractivity contribution >= 4 is 7.82 Å². The van der Waals surface area contributed by atoms with Crippen LogP contribution in [0.5, 0.6) is 0 Å². The number of hydrogen-bond acceptors (Lipinski definition) is 3. The molecule has 0 atom stereocenters. The van der Waals surface area contributed by atoms with Crippen LogP contribution in [-0.2, 0) is 4.57 Å². The van der Waals surface area contributed by atoms with Gasteiger partial charge in [-0.1, -0.05) is 0 Å². The Labute approximate surface area is 72.2 Å². The molecule has 0 radical (unpaired) electrons. The van der Waals surface area contributed by atoms with Gasteiger partial charge in [0.1, 0.15) is 0 Å². The molecule has 7 heteroatoms. The molecule has 0 saturated carbocycles. The SMILES string of the molecule is CN(C)CCCN.O=P(O)(O)O. The van der Waals surface area contributed by atoms with Crippen molar-refractivity contribution in [3.8, 4) is 0 Å². The maximum Gasteiger partial charge on any atom is 0.466 e. The molecule has 0 spiro atoms. The molecule has 0 aromatic rings. The lowest BCUT2D eigenvalue weighted by atomic mass is 10.4. The minimum atomic E-state index is -4.64. The summed E-state index contributed by atoms with van der Waals surface area (Å²) in [6.45, 7) is 1.91. The summed E-state index contributed by atoms with van der Waals surface area (Å²) in [6.07, 6.45) is 1.10. The zero-order valence-corrected chi connectivity index (χ0v) is 8.24.